The first-order chi connectivity index (χ1) is 7.75. The van der Waals surface area contributed by atoms with Crippen LogP contribution in [0.4, 0.5) is 0 Å². The molecule has 0 aliphatic heterocycles. The smallest absolute Gasteiger partial charge is 0.0654 e. The van der Waals surface area contributed by atoms with E-state index in [1.54, 1.807) is 0 Å². The van der Waals surface area contributed by atoms with Gasteiger partial charge < -0.3 is 10.2 Å². The highest BCUT2D eigenvalue weighted by Crippen LogP contribution is 2.51. The van der Waals surface area contributed by atoms with Gasteiger partial charge in [-0.1, -0.05) is 25.5 Å². The van der Waals surface area contributed by atoms with Gasteiger partial charge >= 0.3 is 0 Å². The summed E-state index contributed by atoms with van der Waals surface area (Å²) in [5.74, 6) is 0.784. The van der Waals surface area contributed by atoms with E-state index in [0.29, 0.717) is 5.92 Å². The van der Waals surface area contributed by atoms with E-state index in [-0.39, 0.29) is 17.4 Å². The molecule has 0 radical (unpaired) electrons. The number of aliphatic hydroxyl groups is 2. The topological polar surface area (TPSA) is 40.5 Å². The van der Waals surface area contributed by atoms with E-state index in [2.05, 4.69) is 19.9 Å². The largest absolute Gasteiger partial charge is 0.392 e. The summed E-state index contributed by atoms with van der Waals surface area (Å²) in [7, 11) is 0. The van der Waals surface area contributed by atoms with E-state index in [1.165, 1.54) is 5.57 Å². The van der Waals surface area contributed by atoms with Crippen LogP contribution in [0.2, 0.25) is 0 Å². The van der Waals surface area contributed by atoms with Crippen LogP contribution in [-0.2, 0) is 0 Å². The summed E-state index contributed by atoms with van der Waals surface area (Å²) in [6, 6.07) is 0. The van der Waals surface area contributed by atoms with E-state index >= 15 is 0 Å². The summed E-state index contributed by atoms with van der Waals surface area (Å²) >= 11 is 0. The highest BCUT2D eigenvalue weighted by molar-refractivity contribution is 5.26. The van der Waals surface area contributed by atoms with Gasteiger partial charge in [0.2, 0.25) is 0 Å². The molecule has 4 atom stereocenters. The van der Waals surface area contributed by atoms with Crippen molar-refractivity contribution in [2.24, 2.45) is 17.3 Å². The lowest BCUT2D eigenvalue weighted by Gasteiger charge is -2.49. The maximum atomic E-state index is 10.3. The van der Waals surface area contributed by atoms with Gasteiger partial charge in [-0.2, -0.15) is 0 Å². The molecule has 0 unspecified atom stereocenters. The van der Waals surface area contributed by atoms with Crippen molar-refractivity contribution in [3.63, 3.8) is 0 Å². The Morgan fingerprint density at radius 3 is 2.53 bits per heavy atom. The first-order valence-corrected chi connectivity index (χ1v) is 6.88. The van der Waals surface area contributed by atoms with Crippen LogP contribution in [0.1, 0.15) is 53.4 Å². The van der Waals surface area contributed by atoms with Crippen LogP contribution in [0.3, 0.4) is 0 Å². The second-order valence-corrected chi connectivity index (χ2v) is 6.83. The van der Waals surface area contributed by atoms with Gasteiger partial charge in [0.15, 0.2) is 0 Å². The summed E-state index contributed by atoms with van der Waals surface area (Å²) in [5.41, 5.74) is 0.699. The molecule has 0 aromatic heterocycles. The van der Waals surface area contributed by atoms with Gasteiger partial charge in [-0.05, 0) is 45.4 Å². The molecule has 2 aliphatic rings. The molecule has 0 spiro atoms. The molecule has 17 heavy (non-hydrogen) atoms. The summed E-state index contributed by atoms with van der Waals surface area (Å²) in [5, 5.41) is 20.4. The Labute approximate surface area is 105 Å². The van der Waals surface area contributed by atoms with E-state index < -0.39 is 5.60 Å². The van der Waals surface area contributed by atoms with Crippen molar-refractivity contribution >= 4 is 0 Å². The van der Waals surface area contributed by atoms with Gasteiger partial charge in [0.1, 0.15) is 0 Å². The molecule has 0 aromatic carbocycles. The molecule has 2 aliphatic carbocycles. The van der Waals surface area contributed by atoms with Crippen LogP contribution in [0.15, 0.2) is 11.6 Å². The predicted octanol–water partition coefficient (Wildman–Crippen LogP) is 2.89. The molecule has 1 saturated carbocycles. The van der Waals surface area contributed by atoms with Gasteiger partial charge in [-0.3, -0.25) is 0 Å². The van der Waals surface area contributed by atoms with E-state index in [4.69, 9.17) is 0 Å². The molecular formula is C15H26O2. The molecule has 2 N–H and O–H groups in total. The Kier molecular flexibility index (Phi) is 3.16. The fourth-order valence-corrected chi connectivity index (χ4v) is 3.62. The van der Waals surface area contributed by atoms with Crippen LogP contribution >= 0.6 is 0 Å². The summed E-state index contributed by atoms with van der Waals surface area (Å²) in [6.07, 6.45) is 6.03. The number of fused-ring (bicyclic) bond motifs is 1. The normalized spacial score (nSPS) is 42.9. The van der Waals surface area contributed by atoms with Gasteiger partial charge in [0.05, 0.1) is 11.7 Å². The Bertz CT molecular complexity index is 326. The first kappa shape index (κ1) is 13.1. The molecule has 0 heterocycles. The molecule has 0 aromatic rings. The second-order valence-electron chi connectivity index (χ2n) is 6.83. The van der Waals surface area contributed by atoms with Crippen molar-refractivity contribution in [1.29, 1.82) is 0 Å². The zero-order valence-corrected chi connectivity index (χ0v) is 11.5. The zero-order valence-electron chi connectivity index (χ0n) is 11.5. The second kappa shape index (κ2) is 4.10. The minimum atomic E-state index is -0.642. The monoisotopic (exact) mass is 238 g/mol. The van der Waals surface area contributed by atoms with Crippen LogP contribution in [0.25, 0.3) is 0 Å². The molecule has 2 rings (SSSR count). The average molecular weight is 238 g/mol. The molecular weight excluding hydrogens is 212 g/mol. The van der Waals surface area contributed by atoms with E-state index in [9.17, 15) is 10.2 Å². The minimum absolute atomic E-state index is 0.0422. The van der Waals surface area contributed by atoms with Crippen LogP contribution in [0.5, 0.6) is 0 Å². The van der Waals surface area contributed by atoms with Crippen molar-refractivity contribution in [2.75, 3.05) is 0 Å². The fourth-order valence-electron chi connectivity index (χ4n) is 3.62. The lowest BCUT2D eigenvalue weighted by Crippen LogP contribution is -2.45. The Hall–Kier alpha value is -0.340. The summed E-state index contributed by atoms with van der Waals surface area (Å²) in [4.78, 5) is 0. The number of rotatable bonds is 1. The van der Waals surface area contributed by atoms with Crippen molar-refractivity contribution in [3.05, 3.63) is 11.6 Å². The van der Waals surface area contributed by atoms with Gasteiger partial charge in [-0.25, -0.2) is 0 Å². The maximum Gasteiger partial charge on any atom is 0.0654 e. The standard InChI is InChI=1S/C15H26O2/c1-10-5-6-13(16)15(4)8-7-11(9-12(10)15)14(2,3)17/h9-11,13,16-17H,5-8H2,1-4H3/t10-,11-,13+,15+/m1/s1. The highest BCUT2D eigenvalue weighted by atomic mass is 16.3. The van der Waals surface area contributed by atoms with Crippen molar-refractivity contribution in [1.82, 2.24) is 0 Å². The molecule has 1 fully saturated rings. The lowest BCUT2D eigenvalue weighted by atomic mass is 9.58. The summed E-state index contributed by atoms with van der Waals surface area (Å²) < 4.78 is 0. The Morgan fingerprint density at radius 1 is 1.29 bits per heavy atom. The van der Waals surface area contributed by atoms with Crippen molar-refractivity contribution in [3.8, 4) is 0 Å². The van der Waals surface area contributed by atoms with Gasteiger partial charge in [-0.15, -0.1) is 0 Å². The third kappa shape index (κ3) is 2.17. The maximum absolute atomic E-state index is 10.3. The highest BCUT2D eigenvalue weighted by Gasteiger charge is 2.46. The number of aliphatic hydroxyl groups excluding tert-OH is 1. The first-order valence-electron chi connectivity index (χ1n) is 6.88. The molecule has 0 amide bonds. The summed E-state index contributed by atoms with van der Waals surface area (Å²) in [6.45, 7) is 8.23. The van der Waals surface area contributed by atoms with Gasteiger partial charge in [0, 0.05) is 11.3 Å². The lowest BCUT2D eigenvalue weighted by molar-refractivity contribution is -0.0157. The average Bonchev–Trinajstić information content (AvgIpc) is 2.22. The van der Waals surface area contributed by atoms with Gasteiger partial charge in [0.25, 0.3) is 0 Å². The third-order valence-corrected chi connectivity index (χ3v) is 5.06. The van der Waals surface area contributed by atoms with Crippen LogP contribution in [0, 0.1) is 17.3 Å². The molecule has 98 valence electrons. The minimum Gasteiger partial charge on any atom is -0.392 e. The quantitative estimate of drug-likeness (QED) is 0.690. The molecule has 2 nitrogen and oxygen atoms in total. The Morgan fingerprint density at radius 2 is 1.94 bits per heavy atom. The fraction of sp³-hybridized carbons (Fsp3) is 0.867. The van der Waals surface area contributed by atoms with Crippen LogP contribution < -0.4 is 0 Å². The van der Waals surface area contributed by atoms with Crippen LogP contribution in [-0.4, -0.2) is 21.9 Å². The molecule has 0 saturated heterocycles. The van der Waals surface area contributed by atoms with E-state index in [1.807, 2.05) is 13.8 Å². The predicted molar refractivity (Wildman–Crippen MR) is 69.6 cm³/mol. The zero-order chi connectivity index (χ0) is 12.8. The Balaban J connectivity index is 2.34. The number of hydrogen-bond acceptors (Lipinski definition) is 2. The van der Waals surface area contributed by atoms with Crippen molar-refractivity contribution < 1.29 is 10.2 Å². The van der Waals surface area contributed by atoms with Crippen molar-refractivity contribution in [2.45, 2.75) is 65.1 Å². The molecule has 2 heteroatoms. The number of hydrogen-bond donors (Lipinski definition) is 2. The third-order valence-electron chi connectivity index (χ3n) is 5.06. The molecule has 0 bridgehead atoms. The van der Waals surface area contributed by atoms with E-state index in [0.717, 1.165) is 25.7 Å². The SMILES string of the molecule is C[C@@H]1CC[C@H](O)[C@@]2(C)CC[C@@H](C(C)(C)O)C=C12.